The van der Waals surface area contributed by atoms with E-state index in [2.05, 4.69) is 140 Å². The van der Waals surface area contributed by atoms with Gasteiger partial charge >= 0.3 is 0 Å². The molecule has 2 saturated heterocycles. The van der Waals surface area contributed by atoms with E-state index in [4.69, 9.17) is 57.8 Å². The third-order valence-electron chi connectivity index (χ3n) is 24.5. The zero-order chi connectivity index (χ0) is 96.4. The molecule has 8 aromatic carbocycles. The van der Waals surface area contributed by atoms with E-state index in [1.807, 2.05) is 153 Å². The molecule has 16 aromatic rings. The van der Waals surface area contributed by atoms with Crippen LogP contribution in [-0.2, 0) is 21.1 Å². The van der Waals surface area contributed by atoms with Crippen molar-refractivity contribution in [3.8, 4) is 91.0 Å². The Morgan fingerprint density at radius 2 is 0.768 bits per heavy atom. The molecule has 0 amide bonds. The second-order valence-electron chi connectivity index (χ2n) is 35.1. The zero-order valence-corrected chi connectivity index (χ0v) is 82.2. The maximum absolute atomic E-state index is 10.6. The number of likely N-dealkylation sites (tertiary alicyclic amines) is 2. The third kappa shape index (κ3) is 25.1. The van der Waals surface area contributed by atoms with Crippen LogP contribution < -0.4 is 57.5 Å². The summed E-state index contributed by atoms with van der Waals surface area (Å²) >= 11 is 0. The number of piperidine rings is 1. The second kappa shape index (κ2) is 46.0. The molecule has 8 aromatic heterocycles. The topological polar surface area (TPSA) is 339 Å². The zero-order valence-electron chi connectivity index (χ0n) is 81.2. The van der Waals surface area contributed by atoms with Gasteiger partial charge in [0.05, 0.1) is 205 Å². The highest BCUT2D eigenvalue weighted by molar-refractivity contribution is 7.59. The van der Waals surface area contributed by atoms with Gasteiger partial charge in [-0.15, -0.1) is 0 Å². The van der Waals surface area contributed by atoms with E-state index in [0.717, 1.165) is 179 Å². The van der Waals surface area contributed by atoms with Crippen LogP contribution in [0, 0.1) is 5.92 Å². The number of ether oxygens (including phenoxy) is 8. The average molecular weight is 1890 g/mol. The van der Waals surface area contributed by atoms with Crippen molar-refractivity contribution >= 4 is 103 Å². The van der Waals surface area contributed by atoms with Crippen molar-refractivity contribution in [2.24, 2.45) is 27.1 Å². The molecule has 138 heavy (non-hydrogen) atoms. The predicted octanol–water partition coefficient (Wildman–Crippen LogP) is 17.4. The van der Waals surface area contributed by atoms with Gasteiger partial charge in [0.25, 0.3) is 0 Å². The monoisotopic (exact) mass is 1890 g/mol. The number of aromatic nitrogens is 16. The lowest BCUT2D eigenvalue weighted by atomic mass is 9.92. The summed E-state index contributed by atoms with van der Waals surface area (Å²) in [6, 6.07) is 48.6. The standard InChI is InChI=1S/C30H38N6O2.C28H34N6O2.C23H25N5O4.C23H25N5O3.H2S/c1-21(2)35-11-8-22(9-12-35)10-13-36(25-14-26(37-4)17-27(15-25)38-5)24-6-7-28-29(16-24)33-30(19-31-28)23-18-32-34(3)20-23;1-20-7-5-10-33(20)11-6-12-34(23-13-24(35-3)16-25(14-23)36-4)22-8-9-26-27(15-22)31-28(18-29-26)21-17-30-32(2)19-21;1-27-12-15(10-25-27)23-11-24-21-5-4-16(8-22(21)26-23)28(13-18(30)14-29)17-6-19(31-2)9-20(7-17)32-3;1-23(2,29)14-28(17-7-18(30-3)10-19(8-17)31-4)16-5-6-20-21(9-16)27-22(13-24-20)15-11-25-26-12-15;/h6-7,14-22H,8-13H2,1-5H3;8-9,13-20H,5-7,10-12H2,1-4H3;4-12,18,29-30H,13-14H2,1-3H3;5-13,29H,14H2,1-4H3,(H,25,26);1H2/t;20-;18-;;/m.01../s1. The van der Waals surface area contributed by atoms with E-state index >= 15 is 0 Å². The average Bonchev–Trinajstić information content (AvgIpc) is 0.857. The van der Waals surface area contributed by atoms with Crippen molar-refractivity contribution in [2.45, 2.75) is 96.9 Å². The lowest BCUT2D eigenvalue weighted by Crippen LogP contribution is -2.39. The number of hydrogen-bond donors (Lipinski definition) is 4. The number of H-pyrrole nitrogens is 1. The summed E-state index contributed by atoms with van der Waals surface area (Å²) in [6.45, 7) is 17.0. The van der Waals surface area contributed by atoms with Crippen LogP contribution in [0.2, 0.25) is 0 Å². The Hall–Kier alpha value is -14.3. The number of fused-ring (bicyclic) bond motifs is 4. The molecule has 18 rings (SSSR count). The van der Waals surface area contributed by atoms with E-state index in [1.165, 1.54) is 45.3 Å². The van der Waals surface area contributed by atoms with Crippen LogP contribution in [0.3, 0.4) is 0 Å². The first-order chi connectivity index (χ1) is 66.3. The summed E-state index contributed by atoms with van der Waals surface area (Å²) in [7, 11) is 18.8. The molecule has 0 radical (unpaired) electrons. The van der Waals surface area contributed by atoms with Gasteiger partial charge in [0, 0.05) is 218 Å². The first-order valence-corrected chi connectivity index (χ1v) is 45.9. The van der Waals surface area contributed by atoms with Gasteiger partial charge in [0.2, 0.25) is 0 Å². The van der Waals surface area contributed by atoms with Crippen LogP contribution in [-0.4, -0.2) is 244 Å². The number of nitrogens with one attached hydrogen (secondary N) is 1. The second-order valence-corrected chi connectivity index (χ2v) is 35.1. The molecule has 34 heteroatoms. The molecular weight excluding hydrogens is 1770 g/mol. The van der Waals surface area contributed by atoms with E-state index in [0.29, 0.717) is 58.8 Å². The molecule has 2 aliphatic heterocycles. The summed E-state index contributed by atoms with van der Waals surface area (Å²) < 4.78 is 49.3. The van der Waals surface area contributed by atoms with E-state index < -0.39 is 11.7 Å². The van der Waals surface area contributed by atoms with E-state index in [-0.39, 0.29) is 26.6 Å². The Balaban J connectivity index is 0.000000147. The molecule has 10 heterocycles. The molecule has 0 bridgehead atoms. The molecule has 0 saturated carbocycles. The van der Waals surface area contributed by atoms with Crippen LogP contribution in [0.25, 0.3) is 89.2 Å². The Labute approximate surface area is 811 Å². The molecular formula is C104H124N22O11S. The minimum Gasteiger partial charge on any atom is -0.497 e. The fourth-order valence-electron chi connectivity index (χ4n) is 17.1. The minimum absolute atomic E-state index is 0. The SMILES string of the molecule is COc1cc(OC)cc(N(CC(C)(C)O)c2ccc3ncc(-c4cn[nH]c4)nc3c2)c1.COc1cc(OC)cc(N(CCC2CCN(C(C)C)CC2)c2ccc3ncc(-c4cnn(C)c4)nc3c2)c1.COc1cc(OC)cc(N(CCCN2CCC[C@@H]2C)c2ccc3ncc(-c4cnn(C)c4)nc3c2)c1.COc1cc(OC)cc(N(C[C@@H](O)CO)c2ccc3ncc(-c4cnn(C)c4)nc3c2)c1.S. The highest BCUT2D eigenvalue weighted by atomic mass is 32.1. The Morgan fingerprint density at radius 1 is 0.420 bits per heavy atom. The minimum atomic E-state index is -0.949. The molecule has 2 aliphatic rings. The molecule has 0 aliphatic carbocycles. The van der Waals surface area contributed by atoms with Gasteiger partial charge in [-0.2, -0.15) is 33.9 Å². The summed E-state index contributed by atoms with van der Waals surface area (Å²) in [6.07, 6.45) is 28.0. The molecule has 4 N–H and O–H groups in total. The van der Waals surface area contributed by atoms with Gasteiger partial charge in [0.15, 0.2) is 0 Å². The number of aryl methyl sites for hydroxylation is 3. The number of anilines is 8. The van der Waals surface area contributed by atoms with Crippen molar-refractivity contribution in [3.05, 3.63) is 220 Å². The maximum atomic E-state index is 10.6. The summed E-state index contributed by atoms with van der Waals surface area (Å²) in [5.41, 5.74) is 19.6. The number of aromatic amines is 1. The number of hydrogen-bond acceptors (Lipinski definition) is 29. The molecule has 0 unspecified atom stereocenters. The van der Waals surface area contributed by atoms with Gasteiger partial charge in [-0.3, -0.25) is 39.1 Å². The molecule has 2 atom stereocenters. The lowest BCUT2D eigenvalue weighted by molar-refractivity contribution is 0.0898. The van der Waals surface area contributed by atoms with Crippen molar-refractivity contribution in [1.82, 2.24) is 89.2 Å². The lowest BCUT2D eigenvalue weighted by Gasteiger charge is -2.35. The molecule has 722 valence electrons. The van der Waals surface area contributed by atoms with Crippen LogP contribution in [0.4, 0.5) is 45.5 Å². The van der Waals surface area contributed by atoms with Crippen LogP contribution in [0.1, 0.15) is 73.1 Å². The number of benzene rings is 8. The van der Waals surface area contributed by atoms with E-state index in [1.54, 1.807) is 128 Å². The first-order valence-electron chi connectivity index (χ1n) is 45.9. The fourth-order valence-corrected chi connectivity index (χ4v) is 17.1. The maximum Gasteiger partial charge on any atom is 0.124 e. The van der Waals surface area contributed by atoms with Crippen molar-refractivity contribution in [2.75, 3.05) is 135 Å². The first kappa shape index (κ1) is 99.7. The predicted molar refractivity (Wildman–Crippen MR) is 547 cm³/mol. The normalized spacial score (nSPS) is 13.6. The van der Waals surface area contributed by atoms with Crippen LogP contribution in [0.5, 0.6) is 46.0 Å². The van der Waals surface area contributed by atoms with Gasteiger partial charge < -0.3 is 82.6 Å². The quantitative estimate of drug-likeness (QED) is 0.0297. The van der Waals surface area contributed by atoms with Gasteiger partial charge in [-0.05, 0) is 171 Å². The molecule has 2 fully saturated rings. The number of methoxy groups -OCH3 is 8. The summed E-state index contributed by atoms with van der Waals surface area (Å²) in [4.78, 5) is 51.5. The fraction of sp³-hybridized carbons (Fsp3) is 0.346. The largest absolute Gasteiger partial charge is 0.497 e. The highest BCUT2D eigenvalue weighted by Crippen LogP contribution is 2.42. The van der Waals surface area contributed by atoms with Crippen molar-refractivity contribution in [3.63, 3.8) is 0 Å². The van der Waals surface area contributed by atoms with Gasteiger partial charge in [0.1, 0.15) is 46.0 Å². The number of rotatable bonds is 33. The van der Waals surface area contributed by atoms with Gasteiger partial charge in [-0.25, -0.2) is 19.9 Å². The van der Waals surface area contributed by atoms with Crippen molar-refractivity contribution in [1.29, 1.82) is 0 Å². The molecule has 33 nitrogen and oxygen atoms in total. The number of nitrogens with zero attached hydrogens (tertiary/aromatic N) is 21. The van der Waals surface area contributed by atoms with Gasteiger partial charge in [-0.1, -0.05) is 0 Å². The smallest absolute Gasteiger partial charge is 0.124 e. The van der Waals surface area contributed by atoms with Crippen LogP contribution in [0.15, 0.2) is 220 Å². The molecule has 0 spiro atoms. The summed E-state index contributed by atoms with van der Waals surface area (Å²) in [5.74, 6) is 6.34. The Morgan fingerprint density at radius 3 is 1.09 bits per heavy atom. The van der Waals surface area contributed by atoms with Crippen LogP contribution >= 0.6 is 13.5 Å². The third-order valence-corrected chi connectivity index (χ3v) is 24.5. The Bertz CT molecular complexity index is 6640. The van der Waals surface area contributed by atoms with Crippen molar-refractivity contribution < 1.29 is 53.2 Å². The summed E-state index contributed by atoms with van der Waals surface area (Å²) in [5, 5.41) is 49.8. The number of aliphatic hydroxyl groups excluding tert-OH is 2. The highest BCUT2D eigenvalue weighted by Gasteiger charge is 2.28. The van der Waals surface area contributed by atoms with E-state index in [9.17, 15) is 15.3 Å². The Kier molecular flexibility index (Phi) is 33.2. The number of aliphatic hydroxyl groups is 3.